The first-order valence-electron chi connectivity index (χ1n) is 9.71. The standard InChI is InChI=1S/C23H28N4O5/c1-7-8-9-18(15(2)10-16(3)27-28)32-22-14-24-13-21(26-22)25-17-11-19(29-4)23(31-6)20(12-17)30-5/h7-9,11-14,28H,2,10H2,1,3-6H3,(H,25,26)/b8-7-,18-9+,27-16-. The summed E-state index contributed by atoms with van der Waals surface area (Å²) in [5, 5.41) is 15.3. The highest BCUT2D eigenvalue weighted by Gasteiger charge is 2.14. The minimum absolute atomic E-state index is 0.262. The molecule has 1 heterocycles. The molecule has 2 N–H and O–H groups in total. The van der Waals surface area contributed by atoms with Gasteiger partial charge >= 0.3 is 0 Å². The Kier molecular flexibility index (Phi) is 9.09. The Morgan fingerprint density at radius 1 is 1.16 bits per heavy atom. The molecule has 0 aliphatic carbocycles. The van der Waals surface area contributed by atoms with Gasteiger partial charge in [0, 0.05) is 24.2 Å². The van der Waals surface area contributed by atoms with Gasteiger partial charge in [-0.05, 0) is 25.5 Å². The van der Waals surface area contributed by atoms with Gasteiger partial charge in [-0.25, -0.2) is 0 Å². The van der Waals surface area contributed by atoms with Crippen LogP contribution < -0.4 is 24.3 Å². The van der Waals surface area contributed by atoms with E-state index in [1.807, 2.05) is 19.1 Å². The molecular formula is C23H28N4O5. The van der Waals surface area contributed by atoms with Crippen LogP contribution in [0.4, 0.5) is 11.5 Å². The molecule has 0 aliphatic heterocycles. The van der Waals surface area contributed by atoms with Crippen molar-refractivity contribution in [2.45, 2.75) is 20.3 Å². The number of hydrogen-bond acceptors (Lipinski definition) is 9. The van der Waals surface area contributed by atoms with Gasteiger partial charge in [-0.2, -0.15) is 4.98 Å². The van der Waals surface area contributed by atoms with E-state index in [1.54, 1.807) is 52.7 Å². The molecule has 0 unspecified atom stereocenters. The number of nitrogens with one attached hydrogen (secondary N) is 1. The van der Waals surface area contributed by atoms with Gasteiger partial charge in [0.05, 0.1) is 39.4 Å². The zero-order valence-corrected chi connectivity index (χ0v) is 18.9. The second kappa shape index (κ2) is 12.0. The summed E-state index contributed by atoms with van der Waals surface area (Å²) in [6, 6.07) is 3.51. The Balaban J connectivity index is 2.29. The predicted molar refractivity (Wildman–Crippen MR) is 124 cm³/mol. The molecule has 0 fully saturated rings. The van der Waals surface area contributed by atoms with Gasteiger partial charge < -0.3 is 29.5 Å². The largest absolute Gasteiger partial charge is 0.493 e. The molecule has 0 saturated carbocycles. The van der Waals surface area contributed by atoms with E-state index < -0.39 is 0 Å². The fourth-order valence-electron chi connectivity index (χ4n) is 2.71. The van der Waals surface area contributed by atoms with Crippen LogP contribution in [0, 0.1) is 0 Å². The van der Waals surface area contributed by atoms with E-state index in [2.05, 4.69) is 27.0 Å². The van der Waals surface area contributed by atoms with Crippen LogP contribution in [0.1, 0.15) is 20.3 Å². The van der Waals surface area contributed by atoms with E-state index in [9.17, 15) is 0 Å². The van der Waals surface area contributed by atoms with Crippen LogP contribution in [0.3, 0.4) is 0 Å². The number of benzene rings is 1. The first kappa shape index (κ1) is 24.3. The van der Waals surface area contributed by atoms with Crippen LogP contribution in [-0.4, -0.2) is 42.2 Å². The highest BCUT2D eigenvalue weighted by molar-refractivity contribution is 5.84. The molecule has 0 radical (unpaired) electrons. The van der Waals surface area contributed by atoms with E-state index in [4.69, 9.17) is 24.2 Å². The van der Waals surface area contributed by atoms with E-state index in [0.29, 0.717) is 52.2 Å². The lowest BCUT2D eigenvalue weighted by Gasteiger charge is -2.15. The Morgan fingerprint density at radius 3 is 2.41 bits per heavy atom. The van der Waals surface area contributed by atoms with Crippen LogP contribution in [0.2, 0.25) is 0 Å². The molecule has 0 aliphatic rings. The molecule has 0 spiro atoms. The number of rotatable bonds is 11. The minimum Gasteiger partial charge on any atom is -0.493 e. The van der Waals surface area contributed by atoms with Crippen molar-refractivity contribution < 1.29 is 24.2 Å². The van der Waals surface area contributed by atoms with Crippen molar-refractivity contribution in [1.82, 2.24) is 9.97 Å². The van der Waals surface area contributed by atoms with Gasteiger partial charge in [0.15, 0.2) is 17.3 Å². The minimum atomic E-state index is 0.262. The molecule has 9 heteroatoms. The number of methoxy groups -OCH3 is 3. The van der Waals surface area contributed by atoms with Crippen LogP contribution in [-0.2, 0) is 0 Å². The third-order valence-electron chi connectivity index (χ3n) is 4.19. The van der Waals surface area contributed by atoms with Crippen molar-refractivity contribution in [3.8, 4) is 23.1 Å². The van der Waals surface area contributed by atoms with Crippen molar-refractivity contribution in [2.75, 3.05) is 26.6 Å². The maximum Gasteiger partial charge on any atom is 0.239 e. The lowest BCUT2D eigenvalue weighted by atomic mass is 10.1. The molecule has 2 aromatic rings. The SMILES string of the molecule is C=C(C/C(C)=N\O)/C(=C\C=C/C)Oc1cncc(Nc2cc(OC)c(OC)c(OC)c2)n1. The van der Waals surface area contributed by atoms with Crippen molar-refractivity contribution in [2.24, 2.45) is 5.16 Å². The Morgan fingerprint density at radius 2 is 1.84 bits per heavy atom. The number of nitrogens with zero attached hydrogens (tertiary/aromatic N) is 3. The van der Waals surface area contributed by atoms with Gasteiger partial charge in [0.2, 0.25) is 11.6 Å². The predicted octanol–water partition coefficient (Wildman–Crippen LogP) is 4.88. The molecule has 170 valence electrons. The summed E-state index contributed by atoms with van der Waals surface area (Å²) >= 11 is 0. The number of aromatic nitrogens is 2. The summed E-state index contributed by atoms with van der Waals surface area (Å²) in [6.07, 6.45) is 8.83. The monoisotopic (exact) mass is 440 g/mol. The summed E-state index contributed by atoms with van der Waals surface area (Å²) in [7, 11) is 4.63. The molecule has 1 aromatic heterocycles. The first-order valence-corrected chi connectivity index (χ1v) is 9.71. The average Bonchev–Trinajstić information content (AvgIpc) is 2.80. The number of allylic oxidation sites excluding steroid dienone is 4. The summed E-state index contributed by atoms with van der Waals surface area (Å²) in [5.41, 5.74) is 1.80. The van der Waals surface area contributed by atoms with Crippen LogP contribution in [0.15, 0.2) is 65.8 Å². The van der Waals surface area contributed by atoms with Crippen LogP contribution in [0.5, 0.6) is 23.1 Å². The zero-order chi connectivity index (χ0) is 23.5. The highest BCUT2D eigenvalue weighted by atomic mass is 16.5. The second-order valence-corrected chi connectivity index (χ2v) is 6.56. The summed E-state index contributed by atoms with van der Waals surface area (Å²) in [5.74, 6) is 2.68. The maximum atomic E-state index is 8.93. The Hall–Kier alpha value is -4.01. The normalized spacial score (nSPS) is 11.9. The van der Waals surface area contributed by atoms with Gasteiger partial charge in [0.1, 0.15) is 5.76 Å². The lowest BCUT2D eigenvalue weighted by molar-refractivity contribution is 0.317. The number of ether oxygens (including phenoxy) is 4. The quantitative estimate of drug-likeness (QED) is 0.167. The summed E-state index contributed by atoms with van der Waals surface area (Å²) in [6.45, 7) is 7.60. The molecule has 0 bridgehead atoms. The molecule has 9 nitrogen and oxygen atoms in total. The highest BCUT2D eigenvalue weighted by Crippen LogP contribution is 2.40. The third-order valence-corrected chi connectivity index (χ3v) is 4.19. The zero-order valence-electron chi connectivity index (χ0n) is 18.9. The number of anilines is 2. The van der Waals surface area contributed by atoms with Crippen molar-refractivity contribution in [3.63, 3.8) is 0 Å². The molecule has 0 atom stereocenters. The Bertz CT molecular complexity index is 1010. The number of hydrogen-bond donors (Lipinski definition) is 2. The van der Waals surface area contributed by atoms with Crippen molar-refractivity contribution in [3.05, 3.63) is 60.7 Å². The van der Waals surface area contributed by atoms with Gasteiger partial charge in [0.25, 0.3) is 0 Å². The summed E-state index contributed by atoms with van der Waals surface area (Å²) < 4.78 is 22.0. The molecule has 2 rings (SSSR count). The van der Waals surface area contributed by atoms with E-state index in [0.717, 1.165) is 0 Å². The smallest absolute Gasteiger partial charge is 0.239 e. The van der Waals surface area contributed by atoms with E-state index in [1.165, 1.54) is 6.20 Å². The maximum absolute atomic E-state index is 8.93. The first-order chi connectivity index (χ1) is 15.4. The molecule has 0 amide bonds. The van der Waals surface area contributed by atoms with Gasteiger partial charge in [-0.3, -0.25) is 4.98 Å². The lowest BCUT2D eigenvalue weighted by Crippen LogP contribution is -2.05. The van der Waals surface area contributed by atoms with Crippen molar-refractivity contribution in [1.29, 1.82) is 0 Å². The van der Waals surface area contributed by atoms with Crippen LogP contribution >= 0.6 is 0 Å². The molecule has 32 heavy (non-hydrogen) atoms. The Labute approximate surface area is 187 Å². The topological polar surface area (TPSA) is 107 Å². The molecule has 0 saturated heterocycles. The van der Waals surface area contributed by atoms with E-state index >= 15 is 0 Å². The average molecular weight is 441 g/mol. The van der Waals surface area contributed by atoms with Crippen molar-refractivity contribution >= 4 is 17.2 Å². The number of oxime groups is 1. The third kappa shape index (κ3) is 6.49. The molecular weight excluding hydrogens is 412 g/mol. The second-order valence-electron chi connectivity index (χ2n) is 6.56. The van der Waals surface area contributed by atoms with Gasteiger partial charge in [-0.15, -0.1) is 0 Å². The summed E-state index contributed by atoms with van der Waals surface area (Å²) in [4.78, 5) is 8.65. The molecule has 1 aromatic carbocycles. The van der Waals surface area contributed by atoms with Crippen LogP contribution in [0.25, 0.3) is 0 Å². The fourth-order valence-corrected chi connectivity index (χ4v) is 2.71. The fraction of sp³-hybridized carbons (Fsp3) is 0.261. The van der Waals surface area contributed by atoms with Gasteiger partial charge in [-0.1, -0.05) is 23.9 Å². The van der Waals surface area contributed by atoms with E-state index in [-0.39, 0.29) is 5.88 Å².